The zero-order valence-electron chi connectivity index (χ0n) is 32.9. The number of benzene rings is 6. The molecule has 0 aliphatic rings. The van der Waals surface area contributed by atoms with Crippen molar-refractivity contribution in [1.29, 1.82) is 0 Å². The van der Waals surface area contributed by atoms with Crippen molar-refractivity contribution in [3.8, 4) is 44.9 Å². The van der Waals surface area contributed by atoms with Crippen LogP contribution in [0.25, 0.3) is 54.9 Å². The average molecular weight is 946 g/mol. The summed E-state index contributed by atoms with van der Waals surface area (Å²) in [6.07, 6.45) is -21.1. The predicted octanol–water partition coefficient (Wildman–Crippen LogP) is 11.5. The Hall–Kier alpha value is -4.60. The molecule has 6 aromatic carbocycles. The first-order valence-electron chi connectivity index (χ1n) is 17.6. The van der Waals surface area contributed by atoms with Gasteiger partial charge in [-0.25, -0.2) is 0 Å². The van der Waals surface area contributed by atoms with Gasteiger partial charge in [0.2, 0.25) is 0 Å². The predicted molar refractivity (Wildman–Crippen MR) is 196 cm³/mol. The minimum atomic E-state index is -5.27. The molecule has 0 saturated carbocycles. The minimum absolute atomic E-state index is 0. The van der Waals surface area contributed by atoms with Crippen molar-refractivity contribution in [2.45, 2.75) is 77.4 Å². The molecule has 322 valence electrons. The monoisotopic (exact) mass is 944 g/mol. The molecule has 0 aliphatic carbocycles. The van der Waals surface area contributed by atoms with E-state index in [9.17, 15) is 73.1 Å². The third-order valence-electron chi connectivity index (χ3n) is 8.05. The van der Waals surface area contributed by atoms with Crippen molar-refractivity contribution in [2.75, 3.05) is 0 Å². The van der Waals surface area contributed by atoms with Crippen LogP contribution in [-0.4, -0.2) is 11.2 Å². The van der Waals surface area contributed by atoms with Gasteiger partial charge in [-0.15, -0.1) is 11.2 Å². The van der Waals surface area contributed by atoms with Crippen LogP contribution < -0.4 is 20.4 Å². The summed E-state index contributed by atoms with van der Waals surface area (Å²) in [5.41, 5.74) is -12.4. The summed E-state index contributed by atoms with van der Waals surface area (Å²) in [7, 11) is 0. The Morgan fingerprint density at radius 2 is 0.607 bits per heavy atom. The van der Waals surface area contributed by atoms with Crippen molar-refractivity contribution in [3.05, 3.63) is 119 Å². The maximum Gasteiger partial charge on any atom is 4.00 e. The summed E-state index contributed by atoms with van der Waals surface area (Å²) in [5.74, 6) is -2.42. The van der Waals surface area contributed by atoms with E-state index in [1.54, 1.807) is 41.5 Å². The van der Waals surface area contributed by atoms with Gasteiger partial charge in [0, 0.05) is 0 Å². The maximum atomic E-state index is 14.3. The molecule has 0 unspecified atom stereocenters. The van der Waals surface area contributed by atoms with E-state index in [1.807, 2.05) is 0 Å². The van der Waals surface area contributed by atoms with Gasteiger partial charge in [-0.05, 0) is 103 Å². The Morgan fingerprint density at radius 3 is 0.836 bits per heavy atom. The van der Waals surface area contributed by atoms with E-state index in [0.717, 1.165) is 12.1 Å². The third-order valence-corrected chi connectivity index (χ3v) is 8.05. The smallest absolute Gasteiger partial charge is 0.872 e. The van der Waals surface area contributed by atoms with Crippen molar-refractivity contribution >= 4 is 21.5 Å². The SMILES string of the molecule is CC(C)(C)[O-].CC(C)(C)[O-].[O-]c1c(-c2cc(C(F)(F)F)cc(C(F)(F)F)c2)cc2ccccc2c1-c1c([O-])c(-c2cc(C(F)(F)F)cc(C(F)(F)F)c2)cc2ccccc12.[Zr+4]. The fraction of sp³-hybridized carbons (Fsp3) is 0.273. The Morgan fingerprint density at radius 1 is 0.377 bits per heavy atom. The van der Waals surface area contributed by atoms with Crippen molar-refractivity contribution in [2.24, 2.45) is 0 Å². The number of alkyl halides is 12. The molecule has 0 heterocycles. The Kier molecular flexibility index (Phi) is 15.0. The molecule has 0 radical (unpaired) electrons. The molecule has 0 fully saturated rings. The first kappa shape index (κ1) is 50.8. The second-order valence-electron chi connectivity index (χ2n) is 15.5. The molecule has 0 aliphatic heterocycles. The number of rotatable bonds is 3. The van der Waals surface area contributed by atoms with Crippen LogP contribution >= 0.6 is 0 Å². The van der Waals surface area contributed by atoms with Crippen LogP contribution in [0.2, 0.25) is 0 Å². The van der Waals surface area contributed by atoms with Crippen LogP contribution in [0.4, 0.5) is 52.7 Å². The number of hydrogen-bond donors (Lipinski definition) is 0. The van der Waals surface area contributed by atoms with E-state index in [2.05, 4.69) is 0 Å². The molecule has 4 nitrogen and oxygen atoms in total. The summed E-state index contributed by atoms with van der Waals surface area (Å²) in [6.45, 7) is 9.79. The second-order valence-corrected chi connectivity index (χ2v) is 15.5. The van der Waals surface area contributed by atoms with E-state index in [-0.39, 0.29) is 59.9 Å². The summed E-state index contributed by atoms with van der Waals surface area (Å²) in [6, 6.07) is 14.2. The standard InChI is InChI=1S/C36H18F12O2.2C4H9O.Zr/c37-33(38,39)21-9-19(10-22(15-21)34(40,41)42)27-13-17-5-1-3-7-25(17)29(31(27)49)30-26-8-4-2-6-18(26)14-28(32(30)50)20-11-23(35(43,44)45)16-24(12-20)36(46,47)48;2*1-4(2,3)5;/h1-16,49-50H;2*1-3H3;/q;2*-1;+4/p-2. The van der Waals surface area contributed by atoms with Gasteiger partial charge in [0.15, 0.2) is 0 Å². The summed E-state index contributed by atoms with van der Waals surface area (Å²) in [5, 5.41) is 49.0. The first-order valence-corrected chi connectivity index (χ1v) is 17.6. The molecule has 17 heteroatoms. The molecule has 0 aromatic heterocycles. The molecule has 61 heavy (non-hydrogen) atoms. The molecule has 0 atom stereocenters. The van der Waals surface area contributed by atoms with Crippen molar-refractivity contribution < 1.29 is 99.3 Å². The zero-order chi connectivity index (χ0) is 45.6. The quantitative estimate of drug-likeness (QED) is 0.165. The Balaban J connectivity index is 0.000000810. The Labute approximate surface area is 361 Å². The maximum absolute atomic E-state index is 14.3. The van der Waals surface area contributed by atoms with Gasteiger partial charge in [-0.3, -0.25) is 0 Å². The van der Waals surface area contributed by atoms with Gasteiger partial charge in [0.1, 0.15) is 0 Å². The van der Waals surface area contributed by atoms with Crippen LogP contribution in [0, 0.1) is 0 Å². The van der Waals surface area contributed by atoms with Gasteiger partial charge < -0.3 is 20.4 Å². The molecule has 6 aromatic rings. The first-order chi connectivity index (χ1) is 27.1. The Bertz CT molecular complexity index is 2260. The zero-order valence-corrected chi connectivity index (χ0v) is 35.4. The van der Waals surface area contributed by atoms with Gasteiger partial charge in [0.25, 0.3) is 0 Å². The number of halogens is 12. The van der Waals surface area contributed by atoms with Crippen LogP contribution in [0.1, 0.15) is 63.8 Å². The largest absolute Gasteiger partial charge is 4.00 e. The second kappa shape index (κ2) is 18.0. The molecule has 0 amide bonds. The van der Waals surface area contributed by atoms with Gasteiger partial charge in [-0.1, -0.05) is 102 Å². The van der Waals surface area contributed by atoms with E-state index in [0.29, 0.717) is 24.3 Å². The number of fused-ring (bicyclic) bond motifs is 2. The minimum Gasteiger partial charge on any atom is -0.872 e. The average Bonchev–Trinajstić information content (AvgIpc) is 3.08. The normalized spacial score (nSPS) is 12.6. The molecule has 0 saturated heterocycles. The molecule has 0 N–H and O–H groups in total. The summed E-state index contributed by atoms with van der Waals surface area (Å²) < 4.78 is 165. The molecule has 0 spiro atoms. The van der Waals surface area contributed by atoms with E-state index >= 15 is 0 Å². The van der Waals surface area contributed by atoms with Gasteiger partial charge >= 0.3 is 50.9 Å². The fourth-order valence-corrected chi connectivity index (χ4v) is 5.80. The molecule has 0 bridgehead atoms. The van der Waals surface area contributed by atoms with Crippen LogP contribution in [-0.2, 0) is 50.9 Å². The van der Waals surface area contributed by atoms with Crippen LogP contribution in [0.5, 0.6) is 11.5 Å². The number of hydrogen-bond acceptors (Lipinski definition) is 4. The molecule has 6 rings (SSSR count). The third kappa shape index (κ3) is 13.2. The molecular weight excluding hydrogens is 912 g/mol. The fourth-order valence-electron chi connectivity index (χ4n) is 5.80. The van der Waals surface area contributed by atoms with Crippen LogP contribution in [0.15, 0.2) is 97.1 Å². The van der Waals surface area contributed by atoms with E-state index in [1.165, 1.54) is 48.5 Å². The van der Waals surface area contributed by atoms with E-state index in [4.69, 9.17) is 0 Å². The summed E-state index contributed by atoms with van der Waals surface area (Å²) >= 11 is 0. The van der Waals surface area contributed by atoms with Crippen molar-refractivity contribution in [1.82, 2.24) is 0 Å². The van der Waals surface area contributed by atoms with Crippen molar-refractivity contribution in [3.63, 3.8) is 0 Å². The van der Waals surface area contributed by atoms with E-state index < -0.39 is 103 Å². The summed E-state index contributed by atoms with van der Waals surface area (Å²) in [4.78, 5) is 0. The van der Waals surface area contributed by atoms with Gasteiger partial charge in [-0.2, -0.15) is 52.7 Å². The van der Waals surface area contributed by atoms with Crippen LogP contribution in [0.3, 0.4) is 0 Å². The molecular formula is C44H34F12O4Zr. The topological polar surface area (TPSA) is 92.2 Å². The van der Waals surface area contributed by atoms with Gasteiger partial charge in [0.05, 0.1) is 22.3 Å².